The molecule has 0 saturated carbocycles. The van der Waals surface area contributed by atoms with E-state index in [2.05, 4.69) is 22.6 Å². The average Bonchev–Trinajstić information content (AvgIpc) is 2.51. The zero-order chi connectivity index (χ0) is 19.2. The summed E-state index contributed by atoms with van der Waals surface area (Å²) in [6.07, 6.45) is -3.03. The predicted octanol–water partition coefficient (Wildman–Crippen LogP) is 4.16. The average molecular weight is 356 g/mol. The number of alkyl halides is 3. The minimum Gasteiger partial charge on any atom is -0.462 e. The molecule has 0 spiro atoms. The molecule has 134 valence electrons. The van der Waals surface area contributed by atoms with Crippen LogP contribution in [0, 0.1) is 0 Å². The van der Waals surface area contributed by atoms with Crippen molar-refractivity contribution in [1.29, 1.82) is 0 Å². The molecular formula is C17H15F3O5. The van der Waals surface area contributed by atoms with Crippen LogP contribution in [0.2, 0.25) is 0 Å². The lowest BCUT2D eigenvalue weighted by Gasteiger charge is -2.14. The van der Waals surface area contributed by atoms with Crippen molar-refractivity contribution in [3.63, 3.8) is 0 Å². The van der Waals surface area contributed by atoms with Gasteiger partial charge in [0.25, 0.3) is 0 Å². The second-order valence-corrected chi connectivity index (χ2v) is 4.90. The minimum absolute atomic E-state index is 0.0456. The Kier molecular flexibility index (Phi) is 6.55. The van der Waals surface area contributed by atoms with Crippen LogP contribution in [0.3, 0.4) is 0 Å². The van der Waals surface area contributed by atoms with E-state index in [9.17, 15) is 22.8 Å². The highest BCUT2D eigenvalue weighted by Crippen LogP contribution is 2.38. The minimum atomic E-state index is -4.78. The number of esters is 2. The van der Waals surface area contributed by atoms with Gasteiger partial charge < -0.3 is 14.2 Å². The van der Waals surface area contributed by atoms with Crippen molar-refractivity contribution < 1.29 is 37.0 Å². The predicted molar refractivity (Wildman–Crippen MR) is 82.6 cm³/mol. The molecule has 0 N–H and O–H groups in total. The summed E-state index contributed by atoms with van der Waals surface area (Å²) in [7, 11) is 0. The van der Waals surface area contributed by atoms with Crippen molar-refractivity contribution in [3.8, 4) is 11.5 Å². The Hall–Kier alpha value is -3.03. The quantitative estimate of drug-likeness (QED) is 0.332. The lowest BCUT2D eigenvalue weighted by atomic mass is 10.2. The first-order valence-electron chi connectivity index (χ1n) is 6.79. The maximum atomic E-state index is 13.1. The van der Waals surface area contributed by atoms with Crippen LogP contribution < -0.4 is 9.47 Å². The van der Waals surface area contributed by atoms with E-state index in [0.717, 1.165) is 24.7 Å². The first-order chi connectivity index (χ1) is 11.5. The monoisotopic (exact) mass is 356 g/mol. The zero-order valence-electron chi connectivity index (χ0n) is 13.5. The van der Waals surface area contributed by atoms with Crippen molar-refractivity contribution >= 4 is 11.9 Å². The third-order valence-electron chi connectivity index (χ3n) is 2.59. The van der Waals surface area contributed by atoms with Crippen LogP contribution in [0.25, 0.3) is 0 Å². The van der Waals surface area contributed by atoms with Gasteiger partial charge in [0, 0.05) is 11.1 Å². The van der Waals surface area contributed by atoms with Gasteiger partial charge in [-0.3, -0.25) is 0 Å². The molecule has 0 heterocycles. The number of benzene rings is 1. The van der Waals surface area contributed by atoms with E-state index in [1.165, 1.54) is 13.8 Å². The van der Waals surface area contributed by atoms with Crippen molar-refractivity contribution in [2.45, 2.75) is 20.0 Å². The van der Waals surface area contributed by atoms with Crippen LogP contribution in [0.5, 0.6) is 11.5 Å². The van der Waals surface area contributed by atoms with Gasteiger partial charge in [-0.1, -0.05) is 13.2 Å². The fraction of sp³-hybridized carbons (Fsp3) is 0.176. The first-order valence-corrected chi connectivity index (χ1v) is 6.79. The van der Waals surface area contributed by atoms with E-state index >= 15 is 0 Å². The van der Waals surface area contributed by atoms with E-state index in [1.807, 2.05) is 0 Å². The molecule has 0 aromatic heterocycles. The third-order valence-corrected chi connectivity index (χ3v) is 2.59. The van der Waals surface area contributed by atoms with Gasteiger partial charge in [-0.25, -0.2) is 9.59 Å². The number of ether oxygens (including phenoxy) is 3. The summed E-state index contributed by atoms with van der Waals surface area (Å²) in [5, 5.41) is 0. The van der Waals surface area contributed by atoms with Crippen LogP contribution in [0.4, 0.5) is 13.2 Å². The van der Waals surface area contributed by atoms with Gasteiger partial charge in [-0.2, -0.15) is 13.2 Å². The summed E-state index contributed by atoms with van der Waals surface area (Å²) in [6, 6.07) is 2.74. The highest BCUT2D eigenvalue weighted by molar-refractivity contribution is 5.89. The van der Waals surface area contributed by atoms with Crippen molar-refractivity contribution in [1.82, 2.24) is 0 Å². The van der Waals surface area contributed by atoms with E-state index in [4.69, 9.17) is 4.74 Å². The smallest absolute Gasteiger partial charge is 0.420 e. The van der Waals surface area contributed by atoms with Crippen LogP contribution in [0.15, 0.2) is 55.0 Å². The molecule has 5 nitrogen and oxygen atoms in total. The number of halogens is 3. The fourth-order valence-corrected chi connectivity index (χ4v) is 1.38. The second-order valence-electron chi connectivity index (χ2n) is 4.90. The topological polar surface area (TPSA) is 61.8 Å². The number of hydrogen-bond acceptors (Lipinski definition) is 5. The molecule has 1 aromatic rings. The van der Waals surface area contributed by atoms with Crippen LogP contribution in [-0.4, -0.2) is 11.9 Å². The molecule has 0 aliphatic rings. The molecule has 0 aliphatic heterocycles. The Balaban J connectivity index is 2.96. The Bertz CT molecular complexity index is 732. The molecule has 0 unspecified atom stereocenters. The number of carbonyl (C=O) groups excluding carboxylic acids is 2. The van der Waals surface area contributed by atoms with Gasteiger partial charge in [0.15, 0.2) is 0 Å². The molecule has 25 heavy (non-hydrogen) atoms. The molecule has 0 bridgehead atoms. The summed E-state index contributed by atoms with van der Waals surface area (Å²) in [4.78, 5) is 22.5. The molecule has 0 radical (unpaired) electrons. The standard InChI is InChI=1S/C17H15F3O5/c1-10(2)15(21)24-8-7-23-12-5-6-14(25-16(22)11(3)4)13(9-12)17(18,19)20/h5-9H,1,3H2,2,4H3/b8-7-. The Morgan fingerprint density at radius 1 is 1.04 bits per heavy atom. The highest BCUT2D eigenvalue weighted by atomic mass is 19.4. The molecular weight excluding hydrogens is 341 g/mol. The van der Waals surface area contributed by atoms with E-state index in [-0.39, 0.29) is 16.9 Å². The van der Waals surface area contributed by atoms with Crippen molar-refractivity contribution in [2.24, 2.45) is 0 Å². The summed E-state index contributed by atoms with van der Waals surface area (Å²) >= 11 is 0. The molecule has 1 aromatic carbocycles. The van der Waals surface area contributed by atoms with Crippen molar-refractivity contribution in [3.05, 3.63) is 60.6 Å². The van der Waals surface area contributed by atoms with Gasteiger partial charge in [-0.05, 0) is 32.0 Å². The van der Waals surface area contributed by atoms with E-state index in [0.29, 0.717) is 6.07 Å². The van der Waals surface area contributed by atoms with Gasteiger partial charge >= 0.3 is 18.1 Å². The SMILES string of the molecule is C=C(C)C(=O)O/C=C\Oc1ccc(OC(=O)C(=C)C)c(C(F)(F)F)c1. The molecule has 0 saturated heterocycles. The molecule has 0 amide bonds. The normalized spacial score (nSPS) is 11.1. The molecule has 0 fully saturated rings. The first kappa shape index (κ1) is 20.0. The van der Waals surface area contributed by atoms with Gasteiger partial charge in [0.05, 0.1) is 0 Å². The highest BCUT2D eigenvalue weighted by Gasteiger charge is 2.35. The lowest BCUT2D eigenvalue weighted by molar-refractivity contribution is -0.141. The number of rotatable bonds is 6. The second kappa shape index (κ2) is 8.18. The molecule has 1 rings (SSSR count). The van der Waals surface area contributed by atoms with E-state index in [1.54, 1.807) is 0 Å². The summed E-state index contributed by atoms with van der Waals surface area (Å²) in [6.45, 7) is 9.39. The van der Waals surface area contributed by atoms with Crippen molar-refractivity contribution in [2.75, 3.05) is 0 Å². The van der Waals surface area contributed by atoms with Crippen LogP contribution >= 0.6 is 0 Å². The largest absolute Gasteiger partial charge is 0.462 e. The van der Waals surface area contributed by atoms with Gasteiger partial charge in [0.1, 0.15) is 29.6 Å². The van der Waals surface area contributed by atoms with Gasteiger partial charge in [-0.15, -0.1) is 0 Å². The molecule has 8 heteroatoms. The Morgan fingerprint density at radius 3 is 2.16 bits per heavy atom. The summed E-state index contributed by atoms with van der Waals surface area (Å²) in [5.41, 5.74) is -1.10. The van der Waals surface area contributed by atoms with Gasteiger partial charge in [0.2, 0.25) is 0 Å². The fourth-order valence-electron chi connectivity index (χ4n) is 1.38. The maximum absolute atomic E-state index is 13.1. The van der Waals surface area contributed by atoms with Crippen LogP contribution in [-0.2, 0) is 20.5 Å². The Labute approximate surface area is 142 Å². The molecule has 0 aliphatic carbocycles. The number of carbonyl (C=O) groups is 2. The maximum Gasteiger partial charge on any atom is 0.420 e. The lowest BCUT2D eigenvalue weighted by Crippen LogP contribution is -2.14. The van der Waals surface area contributed by atoms with E-state index < -0.39 is 29.4 Å². The van der Waals surface area contributed by atoms with Crippen LogP contribution in [0.1, 0.15) is 19.4 Å². The summed E-state index contributed by atoms with van der Waals surface area (Å²) < 4.78 is 53.5. The zero-order valence-corrected chi connectivity index (χ0v) is 13.5. The summed E-state index contributed by atoms with van der Waals surface area (Å²) in [5.74, 6) is -2.57. The third kappa shape index (κ3) is 6.17. The Morgan fingerprint density at radius 2 is 1.64 bits per heavy atom. The number of hydrogen-bond donors (Lipinski definition) is 0. The molecule has 0 atom stereocenters.